The van der Waals surface area contributed by atoms with Crippen molar-refractivity contribution in [3.63, 3.8) is 0 Å². The van der Waals surface area contributed by atoms with Gasteiger partial charge in [0.05, 0.1) is 10.8 Å². The number of hydrogen-bond acceptors (Lipinski definition) is 3. The lowest BCUT2D eigenvalue weighted by molar-refractivity contribution is -0.120. The fourth-order valence-corrected chi connectivity index (χ4v) is 5.24. The van der Waals surface area contributed by atoms with E-state index < -0.39 is 10.0 Å². The Hall–Kier alpha value is -1.89. The van der Waals surface area contributed by atoms with Crippen LogP contribution in [0.2, 0.25) is 5.02 Å². The molecule has 0 aromatic heterocycles. The van der Waals surface area contributed by atoms with Crippen LogP contribution in [0.5, 0.6) is 0 Å². The number of halogens is 1. The van der Waals surface area contributed by atoms with Crippen LogP contribution in [-0.2, 0) is 14.8 Å². The van der Waals surface area contributed by atoms with Crippen LogP contribution < -0.4 is 5.32 Å². The van der Waals surface area contributed by atoms with Crippen molar-refractivity contribution in [2.45, 2.75) is 31.6 Å². The van der Waals surface area contributed by atoms with Crippen molar-refractivity contribution in [2.75, 3.05) is 18.4 Å². The number of benzene rings is 2. The molecule has 144 valence electrons. The van der Waals surface area contributed by atoms with Gasteiger partial charge in [-0.05, 0) is 68.1 Å². The van der Waals surface area contributed by atoms with Crippen LogP contribution in [0.4, 0.5) is 5.69 Å². The Morgan fingerprint density at radius 3 is 2.56 bits per heavy atom. The molecule has 1 aliphatic heterocycles. The van der Waals surface area contributed by atoms with E-state index in [0.717, 1.165) is 5.56 Å². The highest BCUT2D eigenvalue weighted by Gasteiger charge is 2.34. The smallest absolute Gasteiger partial charge is 0.243 e. The molecule has 1 saturated heterocycles. The predicted octanol–water partition coefficient (Wildman–Crippen LogP) is 4.00. The van der Waals surface area contributed by atoms with Gasteiger partial charge < -0.3 is 5.32 Å². The van der Waals surface area contributed by atoms with Crippen molar-refractivity contribution in [2.24, 2.45) is 5.92 Å². The zero-order chi connectivity index (χ0) is 19.6. The molecule has 0 aliphatic carbocycles. The summed E-state index contributed by atoms with van der Waals surface area (Å²) < 4.78 is 27.6. The van der Waals surface area contributed by atoms with Crippen LogP contribution in [0.1, 0.15) is 24.0 Å². The first-order valence-corrected chi connectivity index (χ1v) is 10.7. The summed E-state index contributed by atoms with van der Waals surface area (Å²) >= 11 is 5.86. The number of nitrogens with one attached hydrogen (secondary N) is 1. The van der Waals surface area contributed by atoms with Crippen LogP contribution in [0.15, 0.2) is 47.4 Å². The molecular weight excluding hydrogens is 384 g/mol. The number of piperidine rings is 1. The van der Waals surface area contributed by atoms with E-state index in [1.165, 1.54) is 4.31 Å². The second-order valence-corrected chi connectivity index (χ2v) is 9.31. The summed E-state index contributed by atoms with van der Waals surface area (Å²) in [5, 5.41) is 3.45. The van der Waals surface area contributed by atoms with Gasteiger partial charge in [0.15, 0.2) is 0 Å². The van der Waals surface area contributed by atoms with E-state index in [-0.39, 0.29) is 18.4 Å². The molecule has 5 nitrogen and oxygen atoms in total. The largest absolute Gasteiger partial charge is 0.326 e. The highest BCUT2D eigenvalue weighted by atomic mass is 35.5. The summed E-state index contributed by atoms with van der Waals surface area (Å²) in [4.78, 5) is 12.9. The molecule has 7 heteroatoms. The predicted molar refractivity (Wildman–Crippen MR) is 107 cm³/mol. The summed E-state index contributed by atoms with van der Waals surface area (Å²) in [6.45, 7) is 4.29. The van der Waals surface area contributed by atoms with Gasteiger partial charge in [-0.3, -0.25) is 4.79 Å². The minimum Gasteiger partial charge on any atom is -0.326 e. The average Bonchev–Trinajstić information content (AvgIpc) is 2.65. The van der Waals surface area contributed by atoms with Crippen molar-refractivity contribution in [3.8, 4) is 0 Å². The maximum Gasteiger partial charge on any atom is 0.243 e. The molecule has 1 unspecified atom stereocenters. The van der Waals surface area contributed by atoms with Gasteiger partial charge in [-0.15, -0.1) is 0 Å². The molecule has 2 aromatic carbocycles. The van der Waals surface area contributed by atoms with Crippen LogP contribution in [-0.4, -0.2) is 31.7 Å². The maximum absolute atomic E-state index is 13.1. The highest BCUT2D eigenvalue weighted by Crippen LogP contribution is 2.27. The van der Waals surface area contributed by atoms with E-state index >= 15 is 0 Å². The highest BCUT2D eigenvalue weighted by molar-refractivity contribution is 7.89. The molecule has 2 aromatic rings. The molecule has 0 saturated carbocycles. The van der Waals surface area contributed by atoms with Crippen molar-refractivity contribution in [1.82, 2.24) is 4.31 Å². The third kappa shape index (κ3) is 4.51. The first kappa shape index (κ1) is 19.9. The van der Waals surface area contributed by atoms with Crippen molar-refractivity contribution < 1.29 is 13.2 Å². The fraction of sp³-hybridized carbons (Fsp3) is 0.350. The number of hydrogen-bond donors (Lipinski definition) is 1. The number of anilines is 1. The topological polar surface area (TPSA) is 66.5 Å². The molecule has 0 bridgehead atoms. The van der Waals surface area contributed by atoms with E-state index in [1.807, 2.05) is 19.1 Å². The Balaban J connectivity index is 1.76. The second kappa shape index (κ2) is 8.00. The number of sulfonamides is 1. The molecule has 0 radical (unpaired) electrons. The molecule has 1 heterocycles. The van der Waals surface area contributed by atoms with E-state index in [2.05, 4.69) is 5.32 Å². The minimum atomic E-state index is -3.62. The number of carbonyl (C=O) groups is 1. The number of rotatable bonds is 4. The second-order valence-electron chi connectivity index (χ2n) is 6.97. The van der Waals surface area contributed by atoms with E-state index in [1.54, 1.807) is 37.3 Å². The summed E-state index contributed by atoms with van der Waals surface area (Å²) in [6.07, 6.45) is 1.32. The Labute approximate surface area is 165 Å². The van der Waals surface area contributed by atoms with Crippen LogP contribution in [0.3, 0.4) is 0 Å². The molecule has 0 spiro atoms. The van der Waals surface area contributed by atoms with Crippen molar-refractivity contribution >= 4 is 33.2 Å². The lowest BCUT2D eigenvalue weighted by Gasteiger charge is -2.31. The molecule has 1 N–H and O–H groups in total. The number of aryl methyl sites for hydroxylation is 2. The van der Waals surface area contributed by atoms with Gasteiger partial charge in [-0.2, -0.15) is 4.31 Å². The lowest BCUT2D eigenvalue weighted by atomic mass is 9.99. The number of nitrogens with zero attached hydrogens (tertiary/aromatic N) is 1. The van der Waals surface area contributed by atoms with Gasteiger partial charge in [0.25, 0.3) is 0 Å². The van der Waals surface area contributed by atoms with E-state index in [9.17, 15) is 13.2 Å². The summed E-state index contributed by atoms with van der Waals surface area (Å²) in [5.41, 5.74) is 2.26. The maximum atomic E-state index is 13.1. The lowest BCUT2D eigenvalue weighted by Crippen LogP contribution is -2.43. The van der Waals surface area contributed by atoms with E-state index in [4.69, 9.17) is 11.6 Å². The Morgan fingerprint density at radius 2 is 1.85 bits per heavy atom. The minimum absolute atomic E-state index is 0.168. The first-order chi connectivity index (χ1) is 12.8. The third-order valence-electron chi connectivity index (χ3n) is 4.83. The van der Waals surface area contributed by atoms with Gasteiger partial charge in [0.1, 0.15) is 0 Å². The van der Waals surface area contributed by atoms with Crippen LogP contribution >= 0.6 is 11.6 Å². The molecule has 1 fully saturated rings. The SMILES string of the molecule is Cc1ccc(C)c(S(=O)(=O)N2CCCC(C(=O)Nc3ccc(Cl)cc3)C2)c1. The summed E-state index contributed by atoms with van der Waals surface area (Å²) in [7, 11) is -3.62. The van der Waals surface area contributed by atoms with E-state index in [0.29, 0.717) is 40.6 Å². The Bertz CT molecular complexity index is 942. The average molecular weight is 407 g/mol. The van der Waals surface area contributed by atoms with Gasteiger partial charge in [0, 0.05) is 23.8 Å². The summed E-state index contributed by atoms with van der Waals surface area (Å²) in [5.74, 6) is -0.549. The fourth-order valence-electron chi connectivity index (χ4n) is 3.28. The molecule has 27 heavy (non-hydrogen) atoms. The monoisotopic (exact) mass is 406 g/mol. The quantitative estimate of drug-likeness (QED) is 0.834. The zero-order valence-electron chi connectivity index (χ0n) is 15.4. The zero-order valence-corrected chi connectivity index (χ0v) is 17.0. The number of amides is 1. The molecule has 1 atom stereocenters. The van der Waals surface area contributed by atoms with Crippen molar-refractivity contribution in [3.05, 3.63) is 58.6 Å². The van der Waals surface area contributed by atoms with Gasteiger partial charge in [-0.25, -0.2) is 8.42 Å². The normalized spacial score (nSPS) is 18.3. The number of carbonyl (C=O) groups excluding carboxylic acids is 1. The Morgan fingerprint density at radius 1 is 1.15 bits per heavy atom. The Kier molecular flexibility index (Phi) is 5.89. The molecule has 3 rings (SSSR count). The molecular formula is C20H23ClN2O3S. The van der Waals surface area contributed by atoms with Gasteiger partial charge >= 0.3 is 0 Å². The summed E-state index contributed by atoms with van der Waals surface area (Å²) in [6, 6.07) is 12.3. The first-order valence-electron chi connectivity index (χ1n) is 8.91. The van der Waals surface area contributed by atoms with Crippen LogP contribution in [0, 0.1) is 19.8 Å². The molecule has 1 aliphatic rings. The van der Waals surface area contributed by atoms with Crippen LogP contribution in [0.25, 0.3) is 0 Å². The standard InChI is InChI=1S/C20H23ClN2O3S/c1-14-5-6-15(2)19(12-14)27(25,26)23-11-3-4-16(13-23)20(24)22-18-9-7-17(21)8-10-18/h5-10,12,16H,3-4,11,13H2,1-2H3,(H,22,24). The van der Waals surface area contributed by atoms with Crippen molar-refractivity contribution in [1.29, 1.82) is 0 Å². The van der Waals surface area contributed by atoms with Gasteiger partial charge in [-0.1, -0.05) is 23.7 Å². The van der Waals surface area contributed by atoms with Gasteiger partial charge in [0.2, 0.25) is 15.9 Å². The third-order valence-corrected chi connectivity index (χ3v) is 7.09. The molecule has 1 amide bonds.